The summed E-state index contributed by atoms with van der Waals surface area (Å²) in [6, 6.07) is 18.8. The molecule has 0 aliphatic carbocycles. The van der Waals surface area contributed by atoms with E-state index in [2.05, 4.69) is 41.7 Å². The van der Waals surface area contributed by atoms with Gasteiger partial charge in [-0.1, -0.05) is 61.5 Å². The van der Waals surface area contributed by atoms with E-state index in [1.165, 1.54) is 16.7 Å². The third kappa shape index (κ3) is 4.44. The molecule has 0 aromatic heterocycles. The highest BCUT2D eigenvalue weighted by Gasteiger charge is 2.41. The molecule has 0 spiro atoms. The highest BCUT2D eigenvalue weighted by Crippen LogP contribution is 2.36. The summed E-state index contributed by atoms with van der Waals surface area (Å²) >= 11 is 0. The predicted molar refractivity (Wildman–Crippen MR) is 113 cm³/mol. The van der Waals surface area contributed by atoms with Gasteiger partial charge < -0.3 is 10.2 Å². The normalized spacial score (nSPS) is 15.9. The van der Waals surface area contributed by atoms with Crippen LogP contribution in [-0.4, -0.2) is 36.3 Å². The van der Waals surface area contributed by atoms with Gasteiger partial charge in [-0.15, -0.1) is 0 Å². The summed E-state index contributed by atoms with van der Waals surface area (Å²) in [5.74, 6) is 0.294. The van der Waals surface area contributed by atoms with Crippen molar-refractivity contribution in [1.82, 2.24) is 10.2 Å². The highest BCUT2D eigenvalue weighted by molar-refractivity contribution is 5.84. The van der Waals surface area contributed by atoms with Crippen LogP contribution in [0.1, 0.15) is 38.7 Å². The lowest BCUT2D eigenvalue weighted by molar-refractivity contribution is -0.140. The summed E-state index contributed by atoms with van der Waals surface area (Å²) in [5, 5.41) is 3.03. The van der Waals surface area contributed by atoms with Crippen LogP contribution in [0.5, 0.6) is 0 Å². The maximum Gasteiger partial charge on any atom is 0.226 e. The molecule has 2 aromatic rings. The minimum Gasteiger partial charge on any atom is -0.356 e. The number of carbonyl (C=O) groups is 2. The number of carbonyl (C=O) groups excluding carboxylic acids is 2. The largest absolute Gasteiger partial charge is 0.356 e. The Balaban J connectivity index is 1.77. The molecule has 2 amide bonds. The summed E-state index contributed by atoms with van der Waals surface area (Å²) in [6.45, 7) is 5.79. The maximum atomic E-state index is 12.9. The van der Waals surface area contributed by atoms with E-state index < -0.39 is 5.41 Å². The monoisotopic (exact) mass is 378 g/mol. The summed E-state index contributed by atoms with van der Waals surface area (Å²) in [4.78, 5) is 26.9. The first-order valence-corrected chi connectivity index (χ1v) is 10.3. The molecule has 1 heterocycles. The van der Waals surface area contributed by atoms with Gasteiger partial charge in [0.05, 0.1) is 5.41 Å². The second-order valence-corrected chi connectivity index (χ2v) is 7.61. The minimum atomic E-state index is -0.436. The molecule has 0 saturated carbocycles. The van der Waals surface area contributed by atoms with E-state index >= 15 is 0 Å². The molecule has 4 heteroatoms. The highest BCUT2D eigenvalue weighted by atomic mass is 16.2. The van der Waals surface area contributed by atoms with Crippen LogP contribution in [0.25, 0.3) is 11.1 Å². The number of likely N-dealkylation sites (tertiary alicyclic amines) is 1. The van der Waals surface area contributed by atoms with E-state index in [0.717, 1.165) is 0 Å². The summed E-state index contributed by atoms with van der Waals surface area (Å²) in [7, 11) is 0. The average Bonchev–Trinajstić information content (AvgIpc) is 2.75. The number of rotatable bonds is 6. The molecular formula is C24H30N2O2. The third-order valence-electron chi connectivity index (χ3n) is 5.80. The van der Waals surface area contributed by atoms with Crippen LogP contribution < -0.4 is 5.32 Å². The molecule has 3 rings (SSSR count). The van der Waals surface area contributed by atoms with Crippen LogP contribution >= 0.6 is 0 Å². The Morgan fingerprint density at radius 2 is 1.54 bits per heavy atom. The van der Waals surface area contributed by atoms with E-state index in [0.29, 0.717) is 45.3 Å². The van der Waals surface area contributed by atoms with Gasteiger partial charge in [0.1, 0.15) is 0 Å². The Morgan fingerprint density at radius 3 is 2.11 bits per heavy atom. The van der Waals surface area contributed by atoms with Gasteiger partial charge in [0.15, 0.2) is 0 Å². The van der Waals surface area contributed by atoms with Crippen molar-refractivity contribution in [2.45, 2.75) is 39.5 Å². The van der Waals surface area contributed by atoms with Gasteiger partial charge in [0, 0.05) is 26.1 Å². The van der Waals surface area contributed by atoms with Crippen molar-refractivity contribution in [2.75, 3.05) is 19.6 Å². The number of benzene rings is 2. The Labute approximate surface area is 167 Å². The molecule has 1 aliphatic heterocycles. The number of hydrogen-bond acceptors (Lipinski definition) is 2. The zero-order valence-electron chi connectivity index (χ0n) is 16.9. The molecule has 2 aromatic carbocycles. The Kier molecular flexibility index (Phi) is 6.50. The van der Waals surface area contributed by atoms with Crippen LogP contribution in [0.4, 0.5) is 0 Å². The molecule has 1 saturated heterocycles. The fourth-order valence-electron chi connectivity index (χ4n) is 4.08. The first kappa shape index (κ1) is 20.1. The Bertz CT molecular complexity index is 791. The molecule has 1 N–H and O–H groups in total. The Hall–Kier alpha value is -2.62. The van der Waals surface area contributed by atoms with Crippen LogP contribution in [0.15, 0.2) is 54.6 Å². The fourth-order valence-corrected chi connectivity index (χ4v) is 4.08. The molecule has 0 radical (unpaired) electrons. The summed E-state index contributed by atoms with van der Waals surface area (Å²) < 4.78 is 0. The molecule has 1 aliphatic rings. The number of nitrogens with zero attached hydrogens (tertiary/aromatic N) is 1. The van der Waals surface area contributed by atoms with Crippen LogP contribution in [0, 0.1) is 5.41 Å². The number of hydrogen-bond donors (Lipinski definition) is 1. The van der Waals surface area contributed by atoms with Crippen LogP contribution in [0.2, 0.25) is 0 Å². The van der Waals surface area contributed by atoms with Crippen molar-refractivity contribution in [3.8, 4) is 11.1 Å². The van der Waals surface area contributed by atoms with Crippen molar-refractivity contribution in [1.29, 1.82) is 0 Å². The van der Waals surface area contributed by atoms with Gasteiger partial charge in [0.2, 0.25) is 11.8 Å². The second-order valence-electron chi connectivity index (χ2n) is 7.61. The van der Waals surface area contributed by atoms with Crippen molar-refractivity contribution in [3.63, 3.8) is 0 Å². The van der Waals surface area contributed by atoms with Crippen molar-refractivity contribution >= 4 is 11.8 Å². The zero-order chi connectivity index (χ0) is 20.0. The second kappa shape index (κ2) is 9.05. The summed E-state index contributed by atoms with van der Waals surface area (Å²) in [5.41, 5.74) is 3.11. The van der Waals surface area contributed by atoms with E-state index in [1.54, 1.807) is 0 Å². The van der Waals surface area contributed by atoms with Gasteiger partial charge in [-0.3, -0.25) is 9.59 Å². The van der Waals surface area contributed by atoms with E-state index in [-0.39, 0.29) is 11.8 Å². The zero-order valence-corrected chi connectivity index (χ0v) is 16.9. The topological polar surface area (TPSA) is 49.4 Å². The van der Waals surface area contributed by atoms with Crippen molar-refractivity contribution in [3.05, 3.63) is 60.2 Å². The summed E-state index contributed by atoms with van der Waals surface area (Å²) in [6.07, 6.45) is 2.66. The van der Waals surface area contributed by atoms with Gasteiger partial charge in [-0.25, -0.2) is 0 Å². The lowest BCUT2D eigenvalue weighted by Crippen LogP contribution is -2.51. The number of nitrogens with one attached hydrogen (secondary N) is 1. The van der Waals surface area contributed by atoms with Crippen LogP contribution in [0.3, 0.4) is 0 Å². The van der Waals surface area contributed by atoms with Crippen LogP contribution in [-0.2, 0) is 16.0 Å². The molecule has 4 nitrogen and oxygen atoms in total. The molecule has 148 valence electrons. The molecule has 0 unspecified atom stereocenters. The SMILES string of the molecule is CCNC(=O)C1(Cc2ccc(-c3ccccc3)cc2)CCN(C(=O)CC)CC1. The first-order valence-electron chi connectivity index (χ1n) is 10.3. The number of amides is 2. The van der Waals surface area contributed by atoms with E-state index in [9.17, 15) is 9.59 Å². The first-order chi connectivity index (χ1) is 13.6. The fraction of sp³-hybridized carbons (Fsp3) is 0.417. The smallest absolute Gasteiger partial charge is 0.226 e. The van der Waals surface area contributed by atoms with E-state index in [4.69, 9.17) is 0 Å². The van der Waals surface area contributed by atoms with Crippen molar-refractivity contribution in [2.24, 2.45) is 5.41 Å². The lowest BCUT2D eigenvalue weighted by Gasteiger charge is -2.41. The van der Waals surface area contributed by atoms with Gasteiger partial charge in [0.25, 0.3) is 0 Å². The Morgan fingerprint density at radius 1 is 0.929 bits per heavy atom. The van der Waals surface area contributed by atoms with E-state index in [1.807, 2.05) is 36.9 Å². The lowest BCUT2D eigenvalue weighted by atomic mass is 9.72. The van der Waals surface area contributed by atoms with Gasteiger partial charge >= 0.3 is 0 Å². The van der Waals surface area contributed by atoms with Gasteiger partial charge in [-0.2, -0.15) is 0 Å². The molecule has 28 heavy (non-hydrogen) atoms. The number of piperidine rings is 1. The quantitative estimate of drug-likeness (QED) is 0.824. The van der Waals surface area contributed by atoms with Crippen molar-refractivity contribution < 1.29 is 9.59 Å². The predicted octanol–water partition coefficient (Wildman–Crippen LogP) is 4.05. The minimum absolute atomic E-state index is 0.116. The molecule has 0 bridgehead atoms. The molecular weight excluding hydrogens is 348 g/mol. The molecule has 1 fully saturated rings. The third-order valence-corrected chi connectivity index (χ3v) is 5.80. The van der Waals surface area contributed by atoms with Gasteiger partial charge in [-0.05, 0) is 42.9 Å². The average molecular weight is 379 g/mol. The maximum absolute atomic E-state index is 12.9. The molecule has 0 atom stereocenters. The standard InChI is InChI=1S/C24H30N2O2/c1-3-22(27)26-16-14-24(15-17-26,23(28)25-4-2)18-19-10-12-21(13-11-19)20-8-6-5-7-9-20/h5-13H,3-4,14-18H2,1-2H3,(H,25,28).